The van der Waals surface area contributed by atoms with Crippen LogP contribution in [0.1, 0.15) is 53.7 Å². The maximum absolute atomic E-state index is 12.0. The minimum Gasteiger partial charge on any atom is -0.377 e. The van der Waals surface area contributed by atoms with Gasteiger partial charge in [-0.15, -0.1) is 0 Å². The van der Waals surface area contributed by atoms with E-state index < -0.39 is 15.3 Å². The number of benzene rings is 1. The van der Waals surface area contributed by atoms with Crippen LogP contribution in [-0.2, 0) is 9.48 Å². The number of anilines is 2. The molecule has 0 saturated carbocycles. The fourth-order valence-electron chi connectivity index (χ4n) is 3.95. The number of aromatic nitrogens is 2. The molecule has 1 saturated heterocycles. The number of urea groups is 1. The van der Waals surface area contributed by atoms with E-state index in [4.69, 9.17) is 14.7 Å². The molecule has 2 aromatic rings. The summed E-state index contributed by atoms with van der Waals surface area (Å²) in [5.74, 6) is 1.22. The van der Waals surface area contributed by atoms with Gasteiger partial charge in [0, 0.05) is 35.7 Å². The SMILES string of the molecule is CCCNC(=O)Nc1ccc(-c2nc(N3CCOC[C@@H]3C)cc(C(C)(C)S(O)(O)C(C)C)n2)cc1. The van der Waals surface area contributed by atoms with E-state index in [9.17, 15) is 13.9 Å². The zero-order chi connectivity index (χ0) is 25.8. The molecule has 0 unspecified atom stereocenters. The van der Waals surface area contributed by atoms with E-state index in [0.29, 0.717) is 43.5 Å². The fourth-order valence-corrected chi connectivity index (χ4v) is 5.54. The molecule has 0 aliphatic carbocycles. The van der Waals surface area contributed by atoms with Gasteiger partial charge in [-0.3, -0.25) is 9.11 Å². The lowest BCUT2D eigenvalue weighted by Crippen LogP contribution is -2.44. The van der Waals surface area contributed by atoms with E-state index in [1.165, 1.54) is 0 Å². The highest BCUT2D eigenvalue weighted by atomic mass is 32.3. The molecule has 1 aromatic carbocycles. The van der Waals surface area contributed by atoms with Gasteiger partial charge in [-0.1, -0.05) is 6.92 Å². The largest absolute Gasteiger partial charge is 0.377 e. The lowest BCUT2D eigenvalue weighted by Gasteiger charge is -2.49. The van der Waals surface area contributed by atoms with Crippen molar-refractivity contribution in [3.8, 4) is 11.4 Å². The first-order chi connectivity index (χ1) is 16.5. The van der Waals surface area contributed by atoms with Gasteiger partial charge in [-0.05, 0) is 65.3 Å². The first kappa shape index (κ1) is 27.2. The maximum Gasteiger partial charge on any atom is 0.319 e. The molecule has 194 valence electrons. The molecule has 0 bridgehead atoms. The molecular formula is C25H39N5O4S. The fraction of sp³-hybridized carbons (Fsp3) is 0.560. The zero-order valence-corrected chi connectivity index (χ0v) is 22.4. The van der Waals surface area contributed by atoms with Gasteiger partial charge < -0.3 is 20.3 Å². The van der Waals surface area contributed by atoms with Crippen molar-refractivity contribution in [3.05, 3.63) is 36.0 Å². The molecule has 1 aromatic heterocycles. The summed E-state index contributed by atoms with van der Waals surface area (Å²) in [4.78, 5) is 23.8. The highest BCUT2D eigenvalue weighted by molar-refractivity contribution is 8.25. The van der Waals surface area contributed by atoms with Gasteiger partial charge in [0.05, 0.1) is 29.7 Å². The molecule has 1 aliphatic rings. The van der Waals surface area contributed by atoms with Crippen molar-refractivity contribution in [2.75, 3.05) is 36.5 Å². The van der Waals surface area contributed by atoms with Crippen molar-refractivity contribution in [2.24, 2.45) is 0 Å². The van der Waals surface area contributed by atoms with E-state index in [0.717, 1.165) is 17.8 Å². The lowest BCUT2D eigenvalue weighted by atomic mass is 10.1. The molecule has 1 atom stereocenters. The van der Waals surface area contributed by atoms with E-state index in [-0.39, 0.29) is 17.3 Å². The van der Waals surface area contributed by atoms with E-state index in [1.807, 2.05) is 52.8 Å². The van der Waals surface area contributed by atoms with Crippen LogP contribution in [0.2, 0.25) is 0 Å². The molecule has 35 heavy (non-hydrogen) atoms. The number of nitrogens with zero attached hydrogens (tertiary/aromatic N) is 3. The molecule has 1 fully saturated rings. The molecule has 4 N–H and O–H groups in total. The van der Waals surface area contributed by atoms with Crippen molar-refractivity contribution in [2.45, 2.75) is 64.0 Å². The Kier molecular flexibility index (Phi) is 8.63. The van der Waals surface area contributed by atoms with Crippen molar-refractivity contribution in [1.82, 2.24) is 15.3 Å². The quantitative estimate of drug-likeness (QED) is 0.384. The zero-order valence-electron chi connectivity index (χ0n) is 21.5. The summed E-state index contributed by atoms with van der Waals surface area (Å²) in [7, 11) is -3.01. The number of hydrogen-bond acceptors (Lipinski definition) is 7. The predicted octanol–water partition coefficient (Wildman–Crippen LogP) is 5.29. The summed E-state index contributed by atoms with van der Waals surface area (Å²) >= 11 is 0. The van der Waals surface area contributed by atoms with Gasteiger partial charge >= 0.3 is 6.03 Å². The molecule has 2 heterocycles. The number of ether oxygens (including phenoxy) is 1. The van der Waals surface area contributed by atoms with Gasteiger partial charge in [0.2, 0.25) is 0 Å². The van der Waals surface area contributed by atoms with Crippen LogP contribution in [0.25, 0.3) is 11.4 Å². The standard InChI is InChI=1S/C25H39N5O4S/c1-7-12-26-24(31)27-20-10-8-19(9-11-20)23-28-21(25(5,6)35(32,33)17(2)3)15-22(29-23)30-13-14-34-16-18(30)4/h8-11,15,17-18,32-33H,7,12-14,16H2,1-6H3,(H2,26,27,31)/t18-/m0/s1. The summed E-state index contributed by atoms with van der Waals surface area (Å²) in [5.41, 5.74) is 2.01. The molecule has 0 radical (unpaired) electrons. The molecule has 0 spiro atoms. The summed E-state index contributed by atoms with van der Waals surface area (Å²) in [6, 6.07) is 9.07. The second-order valence-corrected chi connectivity index (χ2v) is 12.8. The van der Waals surface area contributed by atoms with Crippen molar-refractivity contribution >= 4 is 28.1 Å². The van der Waals surface area contributed by atoms with Gasteiger partial charge in [-0.25, -0.2) is 14.8 Å². The van der Waals surface area contributed by atoms with Gasteiger partial charge in [-0.2, -0.15) is 10.6 Å². The van der Waals surface area contributed by atoms with Crippen LogP contribution in [0.5, 0.6) is 0 Å². The molecule has 3 rings (SSSR count). The summed E-state index contributed by atoms with van der Waals surface area (Å²) in [5, 5.41) is 5.28. The second-order valence-electron chi connectivity index (χ2n) is 9.66. The van der Waals surface area contributed by atoms with Crippen LogP contribution in [0, 0.1) is 0 Å². The first-order valence-corrected chi connectivity index (χ1v) is 13.7. The van der Waals surface area contributed by atoms with Crippen LogP contribution in [0.3, 0.4) is 0 Å². The Hall–Kier alpha value is -2.40. The minimum atomic E-state index is -3.01. The molecule has 1 aliphatic heterocycles. The Bertz CT molecular complexity index is 1010. The Labute approximate surface area is 210 Å². The third-order valence-electron chi connectivity index (χ3n) is 6.34. The number of carbonyl (C=O) groups is 1. The third kappa shape index (κ3) is 6.06. The van der Waals surface area contributed by atoms with Crippen molar-refractivity contribution in [1.29, 1.82) is 0 Å². The topological polar surface area (TPSA) is 120 Å². The molecule has 2 amide bonds. The Morgan fingerprint density at radius 3 is 2.54 bits per heavy atom. The molecule has 9 nitrogen and oxygen atoms in total. The third-order valence-corrected chi connectivity index (χ3v) is 9.36. The van der Waals surface area contributed by atoms with Crippen LogP contribution in [0.15, 0.2) is 30.3 Å². The predicted molar refractivity (Wildman–Crippen MR) is 143 cm³/mol. The number of hydrogen-bond donors (Lipinski definition) is 4. The van der Waals surface area contributed by atoms with E-state index in [1.54, 1.807) is 12.1 Å². The van der Waals surface area contributed by atoms with Gasteiger partial charge in [0.15, 0.2) is 5.82 Å². The van der Waals surface area contributed by atoms with Crippen LogP contribution in [0.4, 0.5) is 16.3 Å². The van der Waals surface area contributed by atoms with Gasteiger partial charge in [0.25, 0.3) is 0 Å². The van der Waals surface area contributed by atoms with Crippen molar-refractivity contribution < 1.29 is 18.6 Å². The first-order valence-electron chi connectivity index (χ1n) is 12.1. The van der Waals surface area contributed by atoms with Crippen LogP contribution < -0.4 is 15.5 Å². The molecule has 10 heteroatoms. The monoisotopic (exact) mass is 505 g/mol. The highest BCUT2D eigenvalue weighted by Crippen LogP contribution is 2.60. The van der Waals surface area contributed by atoms with Crippen molar-refractivity contribution in [3.63, 3.8) is 0 Å². The maximum atomic E-state index is 12.0. The smallest absolute Gasteiger partial charge is 0.319 e. The Morgan fingerprint density at radius 2 is 1.94 bits per heavy atom. The summed E-state index contributed by atoms with van der Waals surface area (Å²) < 4.78 is 26.8. The lowest BCUT2D eigenvalue weighted by molar-refractivity contribution is 0.0985. The average Bonchev–Trinajstić information content (AvgIpc) is 2.83. The number of nitrogens with one attached hydrogen (secondary N) is 2. The van der Waals surface area contributed by atoms with E-state index >= 15 is 0 Å². The average molecular weight is 506 g/mol. The molecular weight excluding hydrogens is 466 g/mol. The number of rotatable bonds is 8. The minimum absolute atomic E-state index is 0.126. The van der Waals surface area contributed by atoms with E-state index in [2.05, 4.69) is 22.5 Å². The highest BCUT2D eigenvalue weighted by Gasteiger charge is 2.40. The Balaban J connectivity index is 2.01. The van der Waals surface area contributed by atoms with Gasteiger partial charge in [0.1, 0.15) is 5.82 Å². The summed E-state index contributed by atoms with van der Waals surface area (Å²) in [6.45, 7) is 13.8. The summed E-state index contributed by atoms with van der Waals surface area (Å²) in [6.07, 6.45) is 0.863. The van der Waals surface area contributed by atoms with Crippen LogP contribution in [-0.4, -0.2) is 62.7 Å². The Morgan fingerprint density at radius 1 is 1.26 bits per heavy atom. The number of amides is 2. The van der Waals surface area contributed by atoms with Crippen LogP contribution >= 0.6 is 10.6 Å². The number of carbonyl (C=O) groups excluding carboxylic acids is 1. The number of morpholine rings is 1. The normalized spacial score (nSPS) is 17.4. The second kappa shape index (κ2) is 11.1.